The largest absolute Gasteiger partial charge is 0.379 e. The first-order valence-corrected chi connectivity index (χ1v) is 9.98. The number of hydrogen-bond donors (Lipinski definition) is 1. The van der Waals surface area contributed by atoms with Crippen molar-refractivity contribution in [2.45, 2.75) is 18.1 Å². The van der Waals surface area contributed by atoms with Gasteiger partial charge in [0.05, 0.1) is 47.1 Å². The number of halogens is 1. The van der Waals surface area contributed by atoms with Crippen molar-refractivity contribution in [3.05, 3.63) is 94.1 Å². The van der Waals surface area contributed by atoms with E-state index < -0.39 is 17.5 Å². The van der Waals surface area contributed by atoms with E-state index in [0.717, 1.165) is 16.8 Å². The van der Waals surface area contributed by atoms with Crippen LogP contribution in [-0.4, -0.2) is 19.6 Å². The highest BCUT2D eigenvalue weighted by Crippen LogP contribution is 2.47. The number of benzene rings is 2. The van der Waals surface area contributed by atoms with E-state index in [-0.39, 0.29) is 12.0 Å². The number of hydrogen-bond acceptors (Lipinski definition) is 5. The molecule has 0 radical (unpaired) electrons. The van der Waals surface area contributed by atoms with Gasteiger partial charge >= 0.3 is 0 Å². The van der Waals surface area contributed by atoms with Gasteiger partial charge < -0.3 is 9.67 Å². The lowest BCUT2D eigenvalue weighted by atomic mass is 9.86. The van der Waals surface area contributed by atoms with Crippen molar-refractivity contribution >= 4 is 11.3 Å². The molecule has 7 heteroatoms. The van der Waals surface area contributed by atoms with Crippen LogP contribution in [0.4, 0.5) is 4.39 Å². The summed E-state index contributed by atoms with van der Waals surface area (Å²) in [6.07, 6.45) is 3.51. The summed E-state index contributed by atoms with van der Waals surface area (Å²) in [6.45, 7) is 0. The van der Waals surface area contributed by atoms with Gasteiger partial charge in [0.15, 0.2) is 0 Å². The molecule has 29 heavy (non-hydrogen) atoms. The second-order valence-corrected chi connectivity index (χ2v) is 7.78. The van der Waals surface area contributed by atoms with E-state index in [0.29, 0.717) is 11.3 Å². The minimum Gasteiger partial charge on any atom is -0.379 e. The van der Waals surface area contributed by atoms with Gasteiger partial charge in [0.1, 0.15) is 11.4 Å². The average Bonchev–Trinajstić information content (AvgIpc) is 3.48. The number of rotatable bonds is 3. The van der Waals surface area contributed by atoms with Crippen molar-refractivity contribution in [1.29, 1.82) is 5.26 Å². The number of aromatic nitrogens is 3. The number of fused-ring (bicyclic) bond motifs is 1. The predicted octanol–water partition coefficient (Wildman–Crippen LogP) is 4.25. The summed E-state index contributed by atoms with van der Waals surface area (Å²) in [5.74, 6) is -0.461. The normalized spacial score (nSPS) is 20.4. The van der Waals surface area contributed by atoms with Crippen molar-refractivity contribution in [3.63, 3.8) is 0 Å². The molecule has 3 heterocycles. The summed E-state index contributed by atoms with van der Waals surface area (Å²) in [5.41, 5.74) is 4.39. The first-order valence-electron chi connectivity index (χ1n) is 9.03. The highest BCUT2D eigenvalue weighted by atomic mass is 32.1. The molecule has 1 N–H and O–H groups in total. The molecule has 1 aliphatic heterocycles. The first kappa shape index (κ1) is 17.7. The maximum absolute atomic E-state index is 14.7. The van der Waals surface area contributed by atoms with Crippen LogP contribution in [0, 0.1) is 17.1 Å². The Hall–Kier alpha value is -3.34. The second-order valence-electron chi connectivity index (χ2n) is 7.07. The number of nitriles is 1. The fourth-order valence-corrected chi connectivity index (χ4v) is 4.58. The van der Waals surface area contributed by atoms with Crippen LogP contribution in [0.5, 0.6) is 0 Å². The summed E-state index contributed by atoms with van der Waals surface area (Å²) in [6, 6.07) is 13.6. The van der Waals surface area contributed by atoms with Crippen LogP contribution >= 0.6 is 11.3 Å². The molecule has 142 valence electrons. The van der Waals surface area contributed by atoms with Crippen LogP contribution in [-0.2, 0) is 5.60 Å². The third-order valence-electron chi connectivity index (χ3n) is 5.49. The highest BCUT2D eigenvalue weighted by molar-refractivity contribution is 7.07. The summed E-state index contributed by atoms with van der Waals surface area (Å²) < 4.78 is 16.5. The first-order chi connectivity index (χ1) is 14.1. The Labute approximate surface area is 170 Å². The van der Waals surface area contributed by atoms with Gasteiger partial charge in [-0.2, -0.15) is 5.26 Å². The van der Waals surface area contributed by atoms with E-state index in [2.05, 4.69) is 9.97 Å². The van der Waals surface area contributed by atoms with Crippen LogP contribution in [0.1, 0.15) is 34.8 Å². The van der Waals surface area contributed by atoms with Gasteiger partial charge in [-0.05, 0) is 17.7 Å². The molecular formula is C22H15FN4OS. The molecule has 0 spiro atoms. The van der Waals surface area contributed by atoms with Crippen molar-refractivity contribution < 1.29 is 9.50 Å². The number of imidazole rings is 1. The number of thiazole rings is 1. The zero-order chi connectivity index (χ0) is 20.0. The van der Waals surface area contributed by atoms with E-state index >= 15 is 0 Å². The minimum atomic E-state index is -1.29. The zero-order valence-corrected chi connectivity index (χ0v) is 16.0. The second kappa shape index (κ2) is 6.62. The summed E-state index contributed by atoms with van der Waals surface area (Å²) in [5, 5.41) is 22.6. The molecule has 0 saturated heterocycles. The van der Waals surface area contributed by atoms with Crippen LogP contribution in [0.25, 0.3) is 11.3 Å². The summed E-state index contributed by atoms with van der Waals surface area (Å²) in [7, 11) is 0. The molecule has 0 aliphatic carbocycles. The Bertz CT molecular complexity index is 1230. The number of nitrogens with zero attached hydrogens (tertiary/aromatic N) is 4. The van der Waals surface area contributed by atoms with Crippen molar-refractivity contribution in [3.8, 4) is 17.3 Å². The lowest BCUT2D eigenvalue weighted by Crippen LogP contribution is -2.24. The molecule has 2 atom stereocenters. The molecular weight excluding hydrogens is 387 g/mol. The molecule has 0 amide bonds. The van der Waals surface area contributed by atoms with Crippen LogP contribution in [0.3, 0.4) is 0 Å². The lowest BCUT2D eigenvalue weighted by Gasteiger charge is -2.23. The van der Waals surface area contributed by atoms with E-state index in [1.54, 1.807) is 34.7 Å². The maximum atomic E-state index is 14.7. The Morgan fingerprint density at radius 3 is 2.76 bits per heavy atom. The third kappa shape index (κ3) is 2.77. The van der Waals surface area contributed by atoms with Crippen molar-refractivity contribution in [1.82, 2.24) is 14.5 Å². The Morgan fingerprint density at radius 2 is 2.07 bits per heavy atom. The molecule has 2 aromatic carbocycles. The van der Waals surface area contributed by atoms with Crippen LogP contribution in [0.2, 0.25) is 0 Å². The molecule has 0 saturated carbocycles. The van der Waals surface area contributed by atoms with Gasteiger partial charge in [-0.1, -0.05) is 30.3 Å². The van der Waals surface area contributed by atoms with Gasteiger partial charge in [0, 0.05) is 22.9 Å². The van der Waals surface area contributed by atoms with E-state index in [1.807, 2.05) is 35.7 Å². The fourth-order valence-electron chi connectivity index (χ4n) is 4.02. The van der Waals surface area contributed by atoms with E-state index in [4.69, 9.17) is 5.26 Å². The molecule has 4 aromatic rings. The molecule has 2 unspecified atom stereocenters. The van der Waals surface area contributed by atoms with Gasteiger partial charge in [-0.25, -0.2) is 14.4 Å². The lowest BCUT2D eigenvalue weighted by molar-refractivity contribution is 0.0792. The molecule has 5 rings (SSSR count). The van der Waals surface area contributed by atoms with Crippen LogP contribution in [0.15, 0.2) is 65.9 Å². The van der Waals surface area contributed by atoms with Crippen LogP contribution < -0.4 is 0 Å². The Balaban J connectivity index is 1.54. The molecule has 0 bridgehead atoms. The zero-order valence-electron chi connectivity index (χ0n) is 15.2. The van der Waals surface area contributed by atoms with Gasteiger partial charge in [0.25, 0.3) is 0 Å². The van der Waals surface area contributed by atoms with Gasteiger partial charge in [0.2, 0.25) is 0 Å². The molecule has 0 fully saturated rings. The summed E-state index contributed by atoms with van der Waals surface area (Å²) in [4.78, 5) is 8.49. The Morgan fingerprint density at radius 1 is 1.24 bits per heavy atom. The maximum Gasteiger partial charge on any atom is 0.133 e. The van der Waals surface area contributed by atoms with Gasteiger partial charge in [-0.3, -0.25) is 0 Å². The number of aliphatic hydroxyl groups is 1. The standard InChI is InChI=1S/C22H15FN4OS/c23-18-7-14(9-24)1-6-17(18)20-8-22(28,21-10-25-12-27(20)21)16-4-2-15(3-5-16)19-11-29-13-26-19/h1-7,10-13,20,28H,8H2. The van der Waals surface area contributed by atoms with E-state index in [9.17, 15) is 9.50 Å². The molecule has 5 nitrogen and oxygen atoms in total. The fraction of sp³-hybridized carbons (Fsp3) is 0.136. The molecule has 2 aromatic heterocycles. The van der Waals surface area contributed by atoms with Crippen molar-refractivity contribution in [2.24, 2.45) is 0 Å². The van der Waals surface area contributed by atoms with Gasteiger partial charge in [-0.15, -0.1) is 11.3 Å². The van der Waals surface area contributed by atoms with E-state index in [1.165, 1.54) is 17.4 Å². The Kier molecular flexibility index (Phi) is 4.05. The third-order valence-corrected chi connectivity index (χ3v) is 6.08. The quantitative estimate of drug-likeness (QED) is 0.556. The van der Waals surface area contributed by atoms with Crippen molar-refractivity contribution in [2.75, 3.05) is 0 Å². The topological polar surface area (TPSA) is 74.7 Å². The smallest absolute Gasteiger partial charge is 0.133 e. The minimum absolute atomic E-state index is 0.267. The molecule has 1 aliphatic rings. The predicted molar refractivity (Wildman–Crippen MR) is 107 cm³/mol. The monoisotopic (exact) mass is 402 g/mol. The SMILES string of the molecule is N#Cc1ccc(C2CC(O)(c3ccc(-c4cscn4)cc3)c3cncn32)c(F)c1. The average molecular weight is 402 g/mol. The summed E-state index contributed by atoms with van der Waals surface area (Å²) >= 11 is 1.53. The highest BCUT2D eigenvalue weighted by Gasteiger charge is 2.45.